The first-order valence-corrected chi connectivity index (χ1v) is 15.8. The molecule has 2 aliphatic heterocycles. The van der Waals surface area contributed by atoms with E-state index in [1.807, 2.05) is 37.3 Å². The first kappa shape index (κ1) is 26.9. The summed E-state index contributed by atoms with van der Waals surface area (Å²) < 4.78 is 21.8. The third-order valence-corrected chi connectivity index (χ3v) is 10.6. The van der Waals surface area contributed by atoms with Crippen molar-refractivity contribution in [3.05, 3.63) is 70.3 Å². The topological polar surface area (TPSA) is 78.9 Å². The van der Waals surface area contributed by atoms with E-state index in [4.69, 9.17) is 16.3 Å². The van der Waals surface area contributed by atoms with Crippen LogP contribution >= 0.6 is 11.6 Å². The number of carbonyl (C=O) groups is 1. The van der Waals surface area contributed by atoms with Crippen molar-refractivity contribution >= 4 is 34.2 Å². The Morgan fingerprint density at radius 1 is 1.18 bits per heavy atom. The van der Waals surface area contributed by atoms with Crippen LogP contribution in [0.2, 0.25) is 5.02 Å². The first-order valence-electron chi connectivity index (χ1n) is 14.1. The maximum absolute atomic E-state index is 13.1. The molecule has 2 aliphatic carbocycles. The number of anilines is 1. The van der Waals surface area contributed by atoms with Crippen molar-refractivity contribution in [1.29, 1.82) is 0 Å². The molecule has 8 heteroatoms. The normalized spacial score (nSPS) is 33.6. The molecule has 2 heterocycles. The molecule has 0 aromatic heterocycles. The van der Waals surface area contributed by atoms with Crippen LogP contribution in [0.5, 0.6) is 5.75 Å². The summed E-state index contributed by atoms with van der Waals surface area (Å²) in [6.07, 6.45) is 10.4. The van der Waals surface area contributed by atoms with Gasteiger partial charge in [-0.05, 0) is 105 Å². The lowest BCUT2D eigenvalue weighted by Gasteiger charge is -2.48. The Morgan fingerprint density at radius 3 is 2.87 bits per heavy atom. The highest BCUT2D eigenvalue weighted by Crippen LogP contribution is 2.48. The van der Waals surface area contributed by atoms with Gasteiger partial charge in [0.05, 0.1) is 17.9 Å². The molecule has 1 fully saturated rings. The van der Waals surface area contributed by atoms with Gasteiger partial charge in [-0.15, -0.1) is 0 Å². The van der Waals surface area contributed by atoms with Crippen LogP contribution in [-0.4, -0.2) is 46.3 Å². The zero-order valence-corrected chi connectivity index (χ0v) is 24.0. The standard InChI is InChI=1S/C31H37ClN2O4S/c1-30(36)13-3-2-4-15-39(37)33-29(35)22-8-12-28-27(17-22)34(18-23-7-10-25(23)30)19-31(20-38-28)14-5-6-21-16-24(32)9-11-26(21)31/h3,8-9,11-13,16-17,23,25,36H,2,4-7,10,14-15,18-20H2,1H3,(H,33,35)/b13-3+/t23?,25?,30-,31+,39?/m1/s1. The van der Waals surface area contributed by atoms with E-state index >= 15 is 0 Å². The van der Waals surface area contributed by atoms with Crippen molar-refractivity contribution in [2.24, 2.45) is 11.8 Å². The quantitative estimate of drug-likeness (QED) is 0.420. The molecule has 5 atom stereocenters. The number of hydrogen-bond donors (Lipinski definition) is 2. The minimum absolute atomic E-state index is 0.156. The highest BCUT2D eigenvalue weighted by atomic mass is 35.5. The fourth-order valence-corrected chi connectivity index (χ4v) is 8.14. The molecule has 39 heavy (non-hydrogen) atoms. The van der Waals surface area contributed by atoms with E-state index in [-0.39, 0.29) is 17.2 Å². The number of halogens is 1. The lowest BCUT2D eigenvalue weighted by Crippen LogP contribution is -2.51. The Hall–Kier alpha value is -2.35. The van der Waals surface area contributed by atoms with Gasteiger partial charge in [-0.2, -0.15) is 0 Å². The summed E-state index contributed by atoms with van der Waals surface area (Å²) in [5.74, 6) is 1.27. The summed E-state index contributed by atoms with van der Waals surface area (Å²) >= 11 is 6.38. The van der Waals surface area contributed by atoms with Crippen LogP contribution in [0.3, 0.4) is 0 Å². The van der Waals surface area contributed by atoms with Crippen LogP contribution in [0.1, 0.15) is 66.9 Å². The summed E-state index contributed by atoms with van der Waals surface area (Å²) in [5, 5.41) is 12.2. The largest absolute Gasteiger partial charge is 0.490 e. The molecule has 2 aromatic rings. The first-order chi connectivity index (χ1) is 18.7. The van der Waals surface area contributed by atoms with Gasteiger partial charge in [-0.25, -0.2) is 4.21 Å². The monoisotopic (exact) mass is 568 g/mol. The maximum Gasteiger partial charge on any atom is 0.263 e. The summed E-state index contributed by atoms with van der Waals surface area (Å²) in [4.78, 5) is 15.5. The fraction of sp³-hybridized carbons (Fsp3) is 0.516. The molecular formula is C31H37ClN2O4S. The Morgan fingerprint density at radius 2 is 2.05 bits per heavy atom. The maximum atomic E-state index is 13.1. The Kier molecular flexibility index (Phi) is 7.27. The van der Waals surface area contributed by atoms with E-state index in [2.05, 4.69) is 21.8 Å². The smallest absolute Gasteiger partial charge is 0.263 e. The number of aryl methyl sites for hydroxylation is 1. The minimum atomic E-state index is -1.47. The molecule has 0 radical (unpaired) electrons. The number of rotatable bonds is 0. The van der Waals surface area contributed by atoms with Crippen LogP contribution in [0.4, 0.5) is 5.69 Å². The zero-order valence-electron chi connectivity index (χ0n) is 22.5. The van der Waals surface area contributed by atoms with Gasteiger partial charge in [0, 0.05) is 34.8 Å². The fourth-order valence-electron chi connectivity index (χ4n) is 7.09. The van der Waals surface area contributed by atoms with Gasteiger partial charge in [0.2, 0.25) is 0 Å². The number of nitrogens with zero attached hydrogens (tertiary/aromatic N) is 1. The molecule has 4 aliphatic rings. The second-order valence-electron chi connectivity index (χ2n) is 12.0. The molecule has 2 bridgehead atoms. The summed E-state index contributed by atoms with van der Waals surface area (Å²) in [5.41, 5.74) is 2.85. The van der Waals surface area contributed by atoms with Gasteiger partial charge < -0.3 is 14.7 Å². The van der Waals surface area contributed by atoms with Gasteiger partial charge in [-0.3, -0.25) is 9.52 Å². The van der Waals surface area contributed by atoms with Crippen molar-refractivity contribution < 1.29 is 18.8 Å². The second kappa shape index (κ2) is 10.6. The third-order valence-electron chi connectivity index (χ3n) is 9.28. The molecule has 2 N–H and O–H groups in total. The van der Waals surface area contributed by atoms with E-state index in [0.717, 1.165) is 61.7 Å². The Bertz CT molecular complexity index is 1330. The predicted octanol–water partition coefficient (Wildman–Crippen LogP) is 5.33. The summed E-state index contributed by atoms with van der Waals surface area (Å²) in [6.45, 7) is 4.00. The molecule has 1 spiro atoms. The number of fused-ring (bicyclic) bond motifs is 4. The van der Waals surface area contributed by atoms with Crippen LogP contribution < -0.4 is 14.4 Å². The zero-order chi connectivity index (χ0) is 27.2. The number of hydrogen-bond acceptors (Lipinski definition) is 5. The van der Waals surface area contributed by atoms with Crippen LogP contribution in [0, 0.1) is 11.8 Å². The SMILES string of the molecule is C[C@@]1(O)/C=C/CCCS(=O)NC(=O)c2ccc3c(c2)N(CC2CCC21)C[C@@]1(CCCc2cc(Cl)ccc21)CO3. The number of amides is 1. The van der Waals surface area contributed by atoms with E-state index in [1.165, 1.54) is 11.1 Å². The van der Waals surface area contributed by atoms with Crippen molar-refractivity contribution in [1.82, 2.24) is 4.72 Å². The van der Waals surface area contributed by atoms with E-state index in [1.54, 1.807) is 6.07 Å². The van der Waals surface area contributed by atoms with Crippen molar-refractivity contribution in [2.75, 3.05) is 30.3 Å². The van der Waals surface area contributed by atoms with Crippen LogP contribution in [-0.2, 0) is 22.8 Å². The van der Waals surface area contributed by atoms with Crippen molar-refractivity contribution in [2.45, 2.75) is 62.9 Å². The van der Waals surface area contributed by atoms with E-state index in [0.29, 0.717) is 36.7 Å². The Labute approximate surface area is 238 Å². The van der Waals surface area contributed by atoms with Gasteiger partial charge in [0.15, 0.2) is 0 Å². The van der Waals surface area contributed by atoms with Crippen molar-refractivity contribution in [3.8, 4) is 5.75 Å². The highest BCUT2D eigenvalue weighted by molar-refractivity contribution is 7.83. The number of aliphatic hydroxyl groups is 1. The third kappa shape index (κ3) is 5.25. The van der Waals surface area contributed by atoms with Gasteiger partial charge in [0.25, 0.3) is 5.91 Å². The van der Waals surface area contributed by atoms with E-state index in [9.17, 15) is 14.1 Å². The molecule has 3 unspecified atom stereocenters. The predicted molar refractivity (Wildman–Crippen MR) is 156 cm³/mol. The lowest BCUT2D eigenvalue weighted by molar-refractivity contribution is -0.0314. The molecule has 2 aromatic carbocycles. The number of benzene rings is 2. The average molecular weight is 569 g/mol. The molecule has 6 rings (SSSR count). The molecule has 0 saturated heterocycles. The average Bonchev–Trinajstić information content (AvgIpc) is 3.02. The van der Waals surface area contributed by atoms with E-state index < -0.39 is 16.6 Å². The number of nitrogens with one attached hydrogen (secondary N) is 1. The lowest BCUT2D eigenvalue weighted by atomic mass is 9.64. The number of allylic oxidation sites excluding steroid dienone is 1. The van der Waals surface area contributed by atoms with Crippen molar-refractivity contribution in [3.63, 3.8) is 0 Å². The minimum Gasteiger partial charge on any atom is -0.490 e. The van der Waals surface area contributed by atoms with Crippen LogP contribution in [0.15, 0.2) is 48.6 Å². The molecule has 208 valence electrons. The Balaban J connectivity index is 1.42. The summed E-state index contributed by atoms with van der Waals surface area (Å²) in [6, 6.07) is 11.8. The van der Waals surface area contributed by atoms with Gasteiger partial charge in [0.1, 0.15) is 16.7 Å². The second-order valence-corrected chi connectivity index (χ2v) is 13.7. The number of ether oxygens (including phenoxy) is 1. The van der Waals surface area contributed by atoms with Gasteiger partial charge >= 0.3 is 0 Å². The highest BCUT2D eigenvalue weighted by Gasteiger charge is 2.46. The summed E-state index contributed by atoms with van der Waals surface area (Å²) in [7, 11) is -1.47. The molecule has 6 nitrogen and oxygen atoms in total. The van der Waals surface area contributed by atoms with Gasteiger partial charge in [-0.1, -0.05) is 29.8 Å². The molecular weight excluding hydrogens is 532 g/mol. The molecule has 1 saturated carbocycles. The number of carbonyl (C=O) groups excluding carboxylic acids is 1. The van der Waals surface area contributed by atoms with Crippen LogP contribution in [0.25, 0.3) is 0 Å². The molecule has 1 amide bonds.